The zero-order chi connectivity index (χ0) is 20.8. The summed E-state index contributed by atoms with van der Waals surface area (Å²) in [5.74, 6) is -0.0497. The van der Waals surface area contributed by atoms with Gasteiger partial charge in [0.05, 0.1) is 18.1 Å². The highest BCUT2D eigenvalue weighted by Crippen LogP contribution is 2.39. The molecule has 29 heavy (non-hydrogen) atoms. The van der Waals surface area contributed by atoms with Gasteiger partial charge in [-0.2, -0.15) is 5.26 Å². The first-order valence-electron chi connectivity index (χ1n) is 9.95. The number of hydrogen-bond donors (Lipinski definition) is 1. The van der Waals surface area contributed by atoms with Crippen molar-refractivity contribution in [3.8, 4) is 11.8 Å². The maximum atomic E-state index is 12.5. The summed E-state index contributed by atoms with van der Waals surface area (Å²) in [6.45, 7) is 7.42. The summed E-state index contributed by atoms with van der Waals surface area (Å²) in [5, 5.41) is 9.61. The number of rotatable bonds is 7. The van der Waals surface area contributed by atoms with E-state index >= 15 is 0 Å². The monoisotopic (exact) mass is 397 g/mol. The number of allylic oxidation sites excluding steroid dienone is 2. The van der Waals surface area contributed by atoms with Crippen molar-refractivity contribution in [2.75, 3.05) is 32.8 Å². The lowest BCUT2D eigenvalue weighted by Crippen LogP contribution is -2.25. The summed E-state index contributed by atoms with van der Waals surface area (Å²) in [6, 6.07) is 9.46. The Morgan fingerprint density at radius 1 is 1.31 bits per heavy atom. The van der Waals surface area contributed by atoms with Crippen LogP contribution in [-0.2, 0) is 14.3 Å². The lowest BCUT2D eigenvalue weighted by molar-refractivity contribution is -0.139. The van der Waals surface area contributed by atoms with E-state index in [0.717, 1.165) is 30.9 Å². The van der Waals surface area contributed by atoms with Gasteiger partial charge in [0.1, 0.15) is 29.8 Å². The molecule has 0 aromatic heterocycles. The van der Waals surface area contributed by atoms with Crippen LogP contribution in [0.15, 0.2) is 47.1 Å². The predicted molar refractivity (Wildman–Crippen MR) is 108 cm³/mol. The Morgan fingerprint density at radius 2 is 2.00 bits per heavy atom. The molecular formula is C22H27N3O4. The first-order chi connectivity index (χ1) is 14.0. The number of likely N-dealkylation sites (tertiary alicyclic amines) is 1. The molecule has 0 aliphatic carbocycles. The Hall–Kier alpha value is -2.98. The molecule has 0 bridgehead atoms. The molecular weight excluding hydrogens is 370 g/mol. The van der Waals surface area contributed by atoms with Crippen molar-refractivity contribution in [1.29, 1.82) is 5.26 Å². The van der Waals surface area contributed by atoms with Gasteiger partial charge in [0.2, 0.25) is 5.88 Å². The number of esters is 1. The van der Waals surface area contributed by atoms with Crippen LogP contribution in [0.2, 0.25) is 0 Å². The number of ether oxygens (including phenoxy) is 3. The van der Waals surface area contributed by atoms with Crippen LogP contribution in [0.4, 0.5) is 0 Å². The fourth-order valence-corrected chi connectivity index (χ4v) is 3.74. The molecule has 2 N–H and O–H groups in total. The van der Waals surface area contributed by atoms with Crippen molar-refractivity contribution in [3.05, 3.63) is 52.6 Å². The van der Waals surface area contributed by atoms with Crippen LogP contribution in [0.5, 0.6) is 5.75 Å². The van der Waals surface area contributed by atoms with Gasteiger partial charge in [-0.05, 0) is 57.5 Å². The lowest BCUT2D eigenvalue weighted by Gasteiger charge is -2.27. The maximum absolute atomic E-state index is 12.5. The standard InChI is InChI=1S/C22H27N3O4/c1-3-27-22(26)19-15(2)29-21(24)18(14-23)20(19)16-6-8-17(9-7-16)28-13-12-25-10-4-5-11-25/h6-9,20H,3-5,10-13,24H2,1-2H3. The first-order valence-corrected chi connectivity index (χ1v) is 9.95. The van der Waals surface area contributed by atoms with Crippen LogP contribution in [0.3, 0.4) is 0 Å². The molecule has 2 aliphatic heterocycles. The Bertz CT molecular complexity index is 846. The Balaban J connectivity index is 1.78. The maximum Gasteiger partial charge on any atom is 0.338 e. The number of nitriles is 1. The zero-order valence-corrected chi connectivity index (χ0v) is 16.9. The minimum atomic E-state index is -0.633. The normalized spacial score (nSPS) is 19.7. The minimum absolute atomic E-state index is 0.00832. The fraction of sp³-hybridized carbons (Fsp3) is 0.455. The quantitative estimate of drug-likeness (QED) is 0.707. The van der Waals surface area contributed by atoms with Gasteiger partial charge in [0, 0.05) is 6.54 Å². The van der Waals surface area contributed by atoms with Crippen molar-refractivity contribution in [2.24, 2.45) is 5.73 Å². The molecule has 0 radical (unpaired) electrons. The zero-order valence-electron chi connectivity index (χ0n) is 16.9. The van der Waals surface area contributed by atoms with E-state index in [4.69, 9.17) is 19.9 Å². The van der Waals surface area contributed by atoms with Gasteiger partial charge in [-0.1, -0.05) is 12.1 Å². The molecule has 1 fully saturated rings. The molecule has 1 aromatic rings. The third-order valence-corrected chi connectivity index (χ3v) is 5.19. The Labute approximate surface area is 171 Å². The number of carbonyl (C=O) groups excluding carboxylic acids is 1. The number of nitrogens with zero attached hydrogens (tertiary/aromatic N) is 2. The molecule has 7 heteroatoms. The summed E-state index contributed by atoms with van der Waals surface area (Å²) in [6.07, 6.45) is 2.51. The number of nitrogens with two attached hydrogens (primary N) is 1. The van der Waals surface area contributed by atoms with Crippen LogP contribution < -0.4 is 10.5 Å². The topological polar surface area (TPSA) is 97.8 Å². The largest absolute Gasteiger partial charge is 0.492 e. The number of hydrogen-bond acceptors (Lipinski definition) is 7. The van der Waals surface area contributed by atoms with E-state index in [-0.39, 0.29) is 18.1 Å². The Kier molecular flexibility index (Phi) is 6.78. The molecule has 2 heterocycles. The van der Waals surface area contributed by atoms with Gasteiger partial charge in [0.25, 0.3) is 0 Å². The van der Waals surface area contributed by atoms with Crippen molar-refractivity contribution >= 4 is 5.97 Å². The SMILES string of the molecule is CCOC(=O)C1=C(C)OC(N)=C(C#N)C1c1ccc(OCCN2CCCC2)cc1. The van der Waals surface area contributed by atoms with Crippen LogP contribution in [0.1, 0.15) is 38.2 Å². The summed E-state index contributed by atoms with van der Waals surface area (Å²) in [5.41, 5.74) is 7.16. The van der Waals surface area contributed by atoms with E-state index in [0.29, 0.717) is 17.9 Å². The molecule has 1 atom stereocenters. The third-order valence-electron chi connectivity index (χ3n) is 5.19. The van der Waals surface area contributed by atoms with Gasteiger partial charge in [-0.3, -0.25) is 4.90 Å². The molecule has 7 nitrogen and oxygen atoms in total. The third kappa shape index (κ3) is 4.72. The molecule has 0 amide bonds. The highest BCUT2D eigenvalue weighted by molar-refractivity contribution is 5.92. The van der Waals surface area contributed by atoms with Gasteiger partial charge in [0.15, 0.2) is 0 Å². The van der Waals surface area contributed by atoms with Crippen molar-refractivity contribution < 1.29 is 19.0 Å². The molecule has 1 saturated heterocycles. The summed E-state index contributed by atoms with van der Waals surface area (Å²) < 4.78 is 16.5. The van der Waals surface area contributed by atoms with E-state index in [1.807, 2.05) is 24.3 Å². The van der Waals surface area contributed by atoms with Crippen molar-refractivity contribution in [1.82, 2.24) is 4.90 Å². The molecule has 0 saturated carbocycles. The highest BCUT2D eigenvalue weighted by Gasteiger charge is 2.36. The molecule has 1 aromatic carbocycles. The fourth-order valence-electron chi connectivity index (χ4n) is 3.74. The van der Waals surface area contributed by atoms with Gasteiger partial charge in [-0.15, -0.1) is 0 Å². The van der Waals surface area contributed by atoms with E-state index in [1.165, 1.54) is 12.8 Å². The predicted octanol–water partition coefficient (Wildman–Crippen LogP) is 2.81. The van der Waals surface area contributed by atoms with E-state index in [2.05, 4.69) is 11.0 Å². The van der Waals surface area contributed by atoms with E-state index < -0.39 is 11.9 Å². The van der Waals surface area contributed by atoms with E-state index in [1.54, 1.807) is 13.8 Å². The number of benzene rings is 1. The summed E-state index contributed by atoms with van der Waals surface area (Å²) in [7, 11) is 0. The average molecular weight is 397 g/mol. The minimum Gasteiger partial charge on any atom is -0.492 e. The lowest BCUT2D eigenvalue weighted by atomic mass is 9.83. The summed E-state index contributed by atoms with van der Waals surface area (Å²) in [4.78, 5) is 14.9. The van der Waals surface area contributed by atoms with Crippen molar-refractivity contribution in [2.45, 2.75) is 32.6 Å². The second-order valence-electron chi connectivity index (χ2n) is 7.08. The number of carbonyl (C=O) groups is 1. The van der Waals surface area contributed by atoms with Crippen LogP contribution >= 0.6 is 0 Å². The molecule has 0 spiro atoms. The average Bonchev–Trinajstić information content (AvgIpc) is 3.21. The molecule has 1 unspecified atom stereocenters. The molecule has 3 rings (SSSR count). The highest BCUT2D eigenvalue weighted by atomic mass is 16.5. The second kappa shape index (κ2) is 9.48. The van der Waals surface area contributed by atoms with Gasteiger partial charge >= 0.3 is 5.97 Å². The molecule has 154 valence electrons. The van der Waals surface area contributed by atoms with Gasteiger partial charge in [-0.25, -0.2) is 4.79 Å². The molecule has 2 aliphatic rings. The second-order valence-corrected chi connectivity index (χ2v) is 7.08. The smallest absolute Gasteiger partial charge is 0.338 e. The van der Waals surface area contributed by atoms with Crippen LogP contribution in [0.25, 0.3) is 0 Å². The van der Waals surface area contributed by atoms with E-state index in [9.17, 15) is 10.1 Å². The Morgan fingerprint density at radius 3 is 2.62 bits per heavy atom. The summed E-state index contributed by atoms with van der Waals surface area (Å²) >= 11 is 0. The van der Waals surface area contributed by atoms with Crippen molar-refractivity contribution in [3.63, 3.8) is 0 Å². The van der Waals surface area contributed by atoms with Crippen LogP contribution in [-0.4, -0.2) is 43.7 Å². The van der Waals surface area contributed by atoms with Gasteiger partial charge < -0.3 is 19.9 Å². The van der Waals surface area contributed by atoms with Crippen LogP contribution in [0, 0.1) is 11.3 Å². The first kappa shape index (κ1) is 20.7.